The quantitative estimate of drug-likeness (QED) is 0.854. The minimum absolute atomic E-state index is 0.0178. The third kappa shape index (κ3) is 4.00. The molecule has 132 valence electrons. The summed E-state index contributed by atoms with van der Waals surface area (Å²) in [6.07, 6.45) is 0.340. The normalized spacial score (nSPS) is 18.2. The van der Waals surface area contributed by atoms with E-state index in [1.165, 1.54) is 16.4 Å². The summed E-state index contributed by atoms with van der Waals surface area (Å²) in [4.78, 5) is 11.2. The van der Waals surface area contributed by atoms with Gasteiger partial charge in [0.25, 0.3) is 0 Å². The fourth-order valence-electron chi connectivity index (χ4n) is 2.75. The standard InChI is InChI=1S/C18H19NO5S/c20-18(21)15-10-11-19(12-15)25(22,23)17-8-6-16(7-9-17)24-13-14-4-2-1-3-5-14/h1-9,15H,10-13H2,(H,20,21). The van der Waals surface area contributed by atoms with Gasteiger partial charge in [-0.3, -0.25) is 4.79 Å². The van der Waals surface area contributed by atoms with E-state index in [0.29, 0.717) is 18.8 Å². The molecule has 1 N–H and O–H groups in total. The average Bonchev–Trinajstić information content (AvgIpc) is 3.12. The fourth-order valence-corrected chi connectivity index (χ4v) is 4.25. The lowest BCUT2D eigenvalue weighted by molar-refractivity contribution is -0.141. The van der Waals surface area contributed by atoms with Gasteiger partial charge in [-0.25, -0.2) is 8.42 Å². The van der Waals surface area contributed by atoms with Gasteiger partial charge >= 0.3 is 5.97 Å². The Labute approximate surface area is 146 Å². The average molecular weight is 361 g/mol. The SMILES string of the molecule is O=C(O)C1CCN(S(=O)(=O)c2ccc(OCc3ccccc3)cc2)C1. The lowest BCUT2D eigenvalue weighted by atomic mass is 10.1. The predicted molar refractivity (Wildman–Crippen MR) is 91.7 cm³/mol. The highest BCUT2D eigenvalue weighted by atomic mass is 32.2. The van der Waals surface area contributed by atoms with Crippen LogP contribution in [0.2, 0.25) is 0 Å². The van der Waals surface area contributed by atoms with Crippen LogP contribution in [0.25, 0.3) is 0 Å². The van der Waals surface area contributed by atoms with Crippen molar-refractivity contribution in [2.75, 3.05) is 13.1 Å². The summed E-state index contributed by atoms with van der Waals surface area (Å²) in [7, 11) is -3.67. The Balaban J connectivity index is 1.66. The van der Waals surface area contributed by atoms with E-state index in [-0.39, 0.29) is 18.0 Å². The molecule has 1 saturated heterocycles. The van der Waals surface area contributed by atoms with Crippen molar-refractivity contribution >= 4 is 16.0 Å². The van der Waals surface area contributed by atoms with Crippen LogP contribution in [-0.4, -0.2) is 36.9 Å². The highest BCUT2D eigenvalue weighted by Crippen LogP contribution is 2.26. The summed E-state index contributed by atoms with van der Waals surface area (Å²) in [6, 6.07) is 15.9. The van der Waals surface area contributed by atoms with Gasteiger partial charge in [0.15, 0.2) is 0 Å². The number of aliphatic carboxylic acids is 1. The molecule has 2 aromatic carbocycles. The van der Waals surface area contributed by atoms with Gasteiger partial charge in [-0.05, 0) is 36.2 Å². The van der Waals surface area contributed by atoms with E-state index in [2.05, 4.69) is 0 Å². The number of sulfonamides is 1. The molecule has 0 spiro atoms. The van der Waals surface area contributed by atoms with Crippen LogP contribution in [0.1, 0.15) is 12.0 Å². The third-order valence-corrected chi connectivity index (χ3v) is 6.09. The third-order valence-electron chi connectivity index (χ3n) is 4.21. The molecule has 0 amide bonds. The summed E-state index contributed by atoms with van der Waals surface area (Å²) >= 11 is 0. The Morgan fingerprint density at radius 2 is 1.80 bits per heavy atom. The second-order valence-electron chi connectivity index (χ2n) is 5.93. The van der Waals surface area contributed by atoms with Gasteiger partial charge in [-0.2, -0.15) is 4.31 Å². The first-order valence-electron chi connectivity index (χ1n) is 7.96. The van der Waals surface area contributed by atoms with Gasteiger partial charge in [0.1, 0.15) is 12.4 Å². The molecule has 0 aliphatic carbocycles. The maximum Gasteiger partial charge on any atom is 0.307 e. The maximum atomic E-state index is 12.6. The molecule has 0 saturated carbocycles. The van der Waals surface area contributed by atoms with Crippen LogP contribution in [0, 0.1) is 5.92 Å². The van der Waals surface area contributed by atoms with E-state index >= 15 is 0 Å². The topological polar surface area (TPSA) is 83.9 Å². The molecule has 7 heteroatoms. The lowest BCUT2D eigenvalue weighted by Gasteiger charge is -2.16. The van der Waals surface area contributed by atoms with Crippen LogP contribution < -0.4 is 4.74 Å². The number of hydrogen-bond donors (Lipinski definition) is 1. The first-order chi connectivity index (χ1) is 12.0. The first kappa shape index (κ1) is 17.4. The van der Waals surface area contributed by atoms with Crippen LogP contribution in [0.15, 0.2) is 59.5 Å². The van der Waals surface area contributed by atoms with Crippen molar-refractivity contribution in [1.29, 1.82) is 0 Å². The van der Waals surface area contributed by atoms with E-state index in [1.807, 2.05) is 30.3 Å². The molecule has 3 rings (SSSR count). The van der Waals surface area contributed by atoms with Gasteiger partial charge in [0.05, 0.1) is 10.8 Å². The molecular formula is C18H19NO5S. The van der Waals surface area contributed by atoms with E-state index < -0.39 is 21.9 Å². The molecule has 1 aliphatic heterocycles. The van der Waals surface area contributed by atoms with Crippen LogP contribution in [0.4, 0.5) is 0 Å². The summed E-state index contributed by atoms with van der Waals surface area (Å²) in [5, 5.41) is 9.02. The van der Waals surface area contributed by atoms with Crippen LogP contribution in [-0.2, 0) is 21.4 Å². The second kappa shape index (κ2) is 7.25. The number of ether oxygens (including phenoxy) is 1. The van der Waals surface area contributed by atoms with Crippen molar-refractivity contribution in [1.82, 2.24) is 4.31 Å². The molecule has 1 heterocycles. The number of hydrogen-bond acceptors (Lipinski definition) is 4. The molecule has 0 bridgehead atoms. The minimum atomic E-state index is -3.67. The molecule has 25 heavy (non-hydrogen) atoms. The van der Waals surface area contributed by atoms with Gasteiger partial charge in [-0.1, -0.05) is 30.3 Å². The number of carboxylic acid groups (broad SMARTS) is 1. The number of benzene rings is 2. The van der Waals surface area contributed by atoms with E-state index in [9.17, 15) is 13.2 Å². The molecule has 1 atom stereocenters. The lowest BCUT2D eigenvalue weighted by Crippen LogP contribution is -2.30. The molecular weight excluding hydrogens is 342 g/mol. The van der Waals surface area contributed by atoms with Crippen molar-refractivity contribution in [2.24, 2.45) is 5.92 Å². The van der Waals surface area contributed by atoms with E-state index in [4.69, 9.17) is 9.84 Å². The fraction of sp³-hybridized carbons (Fsp3) is 0.278. The van der Waals surface area contributed by atoms with E-state index in [0.717, 1.165) is 5.56 Å². The van der Waals surface area contributed by atoms with Gasteiger partial charge in [0, 0.05) is 13.1 Å². The summed E-state index contributed by atoms with van der Waals surface area (Å²) in [5.74, 6) is -1.02. The minimum Gasteiger partial charge on any atom is -0.489 e. The molecule has 2 aromatic rings. The smallest absolute Gasteiger partial charge is 0.307 e. The van der Waals surface area contributed by atoms with Crippen LogP contribution in [0.5, 0.6) is 5.75 Å². The Bertz CT molecular complexity index is 834. The van der Waals surface area contributed by atoms with Crippen molar-refractivity contribution in [2.45, 2.75) is 17.9 Å². The molecule has 0 aromatic heterocycles. The summed E-state index contributed by atoms with van der Waals surface area (Å²) < 4.78 is 32.0. The molecule has 0 radical (unpaired) electrons. The summed E-state index contributed by atoms with van der Waals surface area (Å²) in [5.41, 5.74) is 1.02. The van der Waals surface area contributed by atoms with Crippen molar-refractivity contribution in [3.8, 4) is 5.75 Å². The monoisotopic (exact) mass is 361 g/mol. The number of carboxylic acids is 1. The zero-order chi connectivity index (χ0) is 17.9. The maximum absolute atomic E-state index is 12.6. The second-order valence-corrected chi connectivity index (χ2v) is 7.87. The Morgan fingerprint density at radius 3 is 2.40 bits per heavy atom. The molecule has 6 nitrogen and oxygen atoms in total. The van der Waals surface area contributed by atoms with Crippen LogP contribution in [0.3, 0.4) is 0 Å². The number of carbonyl (C=O) groups is 1. The van der Waals surface area contributed by atoms with E-state index in [1.54, 1.807) is 12.1 Å². The molecule has 1 aliphatic rings. The number of rotatable bonds is 6. The molecule has 1 fully saturated rings. The van der Waals surface area contributed by atoms with Gasteiger partial charge in [-0.15, -0.1) is 0 Å². The molecule has 1 unspecified atom stereocenters. The Morgan fingerprint density at radius 1 is 1.12 bits per heavy atom. The predicted octanol–water partition coefficient (Wildman–Crippen LogP) is 2.36. The Hall–Kier alpha value is -2.38. The van der Waals surface area contributed by atoms with Crippen molar-refractivity contribution in [3.63, 3.8) is 0 Å². The zero-order valence-electron chi connectivity index (χ0n) is 13.5. The van der Waals surface area contributed by atoms with Gasteiger partial charge < -0.3 is 9.84 Å². The van der Waals surface area contributed by atoms with Crippen molar-refractivity contribution in [3.05, 3.63) is 60.2 Å². The first-order valence-corrected chi connectivity index (χ1v) is 9.40. The zero-order valence-corrected chi connectivity index (χ0v) is 14.4. The number of nitrogens with zero attached hydrogens (tertiary/aromatic N) is 1. The van der Waals surface area contributed by atoms with Crippen LogP contribution >= 0.6 is 0 Å². The highest BCUT2D eigenvalue weighted by molar-refractivity contribution is 7.89. The largest absolute Gasteiger partial charge is 0.489 e. The highest BCUT2D eigenvalue weighted by Gasteiger charge is 2.35. The summed E-state index contributed by atoms with van der Waals surface area (Å²) in [6.45, 7) is 0.648. The Kier molecular flexibility index (Phi) is 5.06. The van der Waals surface area contributed by atoms with Crippen molar-refractivity contribution < 1.29 is 23.1 Å². The van der Waals surface area contributed by atoms with Gasteiger partial charge in [0.2, 0.25) is 10.0 Å².